The number of H-pyrrole nitrogens is 1. The SMILES string of the molecule is CN(Cc1ccccc1)n1ccc(=O)[nH]c1=O. The summed E-state index contributed by atoms with van der Waals surface area (Å²) >= 11 is 0. The first-order valence-corrected chi connectivity index (χ1v) is 5.24. The Morgan fingerprint density at radius 1 is 1.18 bits per heavy atom. The minimum absolute atomic E-state index is 0.389. The van der Waals surface area contributed by atoms with Crippen LogP contribution in [-0.4, -0.2) is 16.7 Å². The minimum Gasteiger partial charge on any atom is -0.308 e. The largest absolute Gasteiger partial charge is 0.347 e. The summed E-state index contributed by atoms with van der Waals surface area (Å²) in [5, 5.41) is 1.73. The van der Waals surface area contributed by atoms with Crippen LogP contribution in [0.5, 0.6) is 0 Å². The number of benzene rings is 1. The van der Waals surface area contributed by atoms with Gasteiger partial charge in [-0.05, 0) is 5.56 Å². The highest BCUT2D eigenvalue weighted by atomic mass is 16.2. The van der Waals surface area contributed by atoms with Gasteiger partial charge in [-0.1, -0.05) is 30.3 Å². The third-order valence-corrected chi connectivity index (χ3v) is 2.43. The monoisotopic (exact) mass is 231 g/mol. The van der Waals surface area contributed by atoms with Crippen molar-refractivity contribution in [3.8, 4) is 0 Å². The van der Waals surface area contributed by atoms with Gasteiger partial charge in [-0.3, -0.25) is 9.78 Å². The molecule has 1 N–H and O–H groups in total. The van der Waals surface area contributed by atoms with Gasteiger partial charge in [-0.15, -0.1) is 0 Å². The Morgan fingerprint density at radius 3 is 2.53 bits per heavy atom. The zero-order chi connectivity index (χ0) is 12.3. The molecule has 5 nitrogen and oxygen atoms in total. The highest BCUT2D eigenvalue weighted by Crippen LogP contribution is 2.00. The average molecular weight is 231 g/mol. The summed E-state index contributed by atoms with van der Waals surface area (Å²) < 4.78 is 1.37. The van der Waals surface area contributed by atoms with Crippen molar-refractivity contribution >= 4 is 0 Å². The molecule has 0 amide bonds. The lowest BCUT2D eigenvalue weighted by molar-refractivity contribution is 0.606. The van der Waals surface area contributed by atoms with Crippen molar-refractivity contribution in [1.29, 1.82) is 0 Å². The first kappa shape index (κ1) is 11.2. The Hall–Kier alpha value is -2.30. The molecule has 0 saturated heterocycles. The van der Waals surface area contributed by atoms with E-state index in [2.05, 4.69) is 4.98 Å². The first-order valence-electron chi connectivity index (χ1n) is 5.24. The van der Waals surface area contributed by atoms with Crippen LogP contribution in [0.15, 0.2) is 52.2 Å². The molecule has 0 atom stereocenters. The van der Waals surface area contributed by atoms with Crippen LogP contribution >= 0.6 is 0 Å². The lowest BCUT2D eigenvalue weighted by Crippen LogP contribution is -2.41. The maximum absolute atomic E-state index is 11.5. The molecular formula is C12H13N3O2. The Morgan fingerprint density at radius 2 is 1.88 bits per heavy atom. The number of nitrogens with one attached hydrogen (secondary N) is 1. The van der Waals surface area contributed by atoms with E-state index < -0.39 is 5.69 Å². The van der Waals surface area contributed by atoms with Crippen molar-refractivity contribution in [2.24, 2.45) is 0 Å². The topological polar surface area (TPSA) is 58.1 Å². The lowest BCUT2D eigenvalue weighted by Gasteiger charge is -2.20. The predicted octanol–water partition coefficient (Wildman–Crippen LogP) is 0.305. The maximum atomic E-state index is 11.5. The van der Waals surface area contributed by atoms with Crippen LogP contribution < -0.4 is 16.3 Å². The molecule has 0 aliphatic rings. The summed E-state index contributed by atoms with van der Waals surface area (Å²) in [6.07, 6.45) is 1.46. The first-order chi connectivity index (χ1) is 8.16. The molecule has 2 rings (SSSR count). The summed E-state index contributed by atoms with van der Waals surface area (Å²) in [5.41, 5.74) is 0.267. The van der Waals surface area contributed by atoms with E-state index in [0.29, 0.717) is 6.54 Å². The zero-order valence-electron chi connectivity index (χ0n) is 9.46. The molecule has 88 valence electrons. The fourth-order valence-electron chi connectivity index (χ4n) is 1.60. The highest BCUT2D eigenvalue weighted by molar-refractivity contribution is 5.16. The molecule has 0 bridgehead atoms. The van der Waals surface area contributed by atoms with E-state index in [-0.39, 0.29) is 5.56 Å². The zero-order valence-corrected chi connectivity index (χ0v) is 9.46. The van der Waals surface area contributed by atoms with E-state index in [4.69, 9.17) is 0 Å². The molecule has 0 saturated carbocycles. The van der Waals surface area contributed by atoms with Gasteiger partial charge in [0, 0.05) is 19.3 Å². The number of nitrogens with zero attached hydrogens (tertiary/aromatic N) is 2. The summed E-state index contributed by atoms with van der Waals surface area (Å²) in [5.74, 6) is 0. The average Bonchev–Trinajstić information content (AvgIpc) is 2.30. The summed E-state index contributed by atoms with van der Waals surface area (Å²) in [6, 6.07) is 11.1. The number of aromatic nitrogens is 2. The molecular weight excluding hydrogens is 218 g/mol. The standard InChI is InChI=1S/C12H13N3O2/c1-14(9-10-5-3-2-4-6-10)15-8-7-11(16)13-12(15)17/h2-8H,9H2,1H3,(H,13,16,17). The van der Waals surface area contributed by atoms with Gasteiger partial charge in [0.2, 0.25) is 0 Å². The van der Waals surface area contributed by atoms with Gasteiger partial charge in [0.25, 0.3) is 5.56 Å². The highest BCUT2D eigenvalue weighted by Gasteiger charge is 2.02. The van der Waals surface area contributed by atoms with Gasteiger partial charge in [0.15, 0.2) is 0 Å². The molecule has 0 radical (unpaired) electrons. The minimum atomic E-state index is -0.434. The third kappa shape index (κ3) is 2.63. The molecule has 0 fully saturated rings. The summed E-state index contributed by atoms with van der Waals surface area (Å²) in [6.45, 7) is 0.590. The van der Waals surface area contributed by atoms with Gasteiger partial charge in [0.05, 0.1) is 6.54 Å². The molecule has 1 aromatic heterocycles. The van der Waals surface area contributed by atoms with Gasteiger partial charge in [-0.25, -0.2) is 9.47 Å². The predicted molar refractivity (Wildman–Crippen MR) is 65.6 cm³/mol. The van der Waals surface area contributed by atoms with Crippen molar-refractivity contribution in [2.75, 3.05) is 12.1 Å². The quantitative estimate of drug-likeness (QED) is 0.826. The van der Waals surface area contributed by atoms with Crippen LogP contribution in [-0.2, 0) is 6.54 Å². The fraction of sp³-hybridized carbons (Fsp3) is 0.167. The Labute approximate surface area is 97.9 Å². The van der Waals surface area contributed by atoms with Crippen LogP contribution in [0.25, 0.3) is 0 Å². The van der Waals surface area contributed by atoms with Crippen molar-refractivity contribution < 1.29 is 0 Å². The van der Waals surface area contributed by atoms with Crippen molar-refractivity contribution in [3.05, 3.63) is 69.0 Å². The molecule has 0 spiro atoms. The van der Waals surface area contributed by atoms with Crippen LogP contribution in [0.3, 0.4) is 0 Å². The van der Waals surface area contributed by atoms with Gasteiger partial charge < -0.3 is 5.01 Å². The van der Waals surface area contributed by atoms with Gasteiger partial charge in [0.1, 0.15) is 0 Å². The normalized spacial score (nSPS) is 10.2. The van der Waals surface area contributed by atoms with Crippen LogP contribution in [0, 0.1) is 0 Å². The van der Waals surface area contributed by atoms with E-state index in [1.54, 1.807) is 12.1 Å². The number of aromatic amines is 1. The van der Waals surface area contributed by atoms with Crippen molar-refractivity contribution in [1.82, 2.24) is 9.66 Å². The summed E-state index contributed by atoms with van der Waals surface area (Å²) in [7, 11) is 1.78. The van der Waals surface area contributed by atoms with E-state index >= 15 is 0 Å². The molecule has 0 unspecified atom stereocenters. The van der Waals surface area contributed by atoms with Crippen LogP contribution in [0.2, 0.25) is 0 Å². The molecule has 0 aliphatic carbocycles. The molecule has 0 aliphatic heterocycles. The van der Waals surface area contributed by atoms with Crippen molar-refractivity contribution in [2.45, 2.75) is 6.54 Å². The van der Waals surface area contributed by atoms with E-state index in [0.717, 1.165) is 5.56 Å². The molecule has 5 heteroatoms. The van der Waals surface area contributed by atoms with Crippen molar-refractivity contribution in [3.63, 3.8) is 0 Å². The van der Waals surface area contributed by atoms with Crippen LogP contribution in [0.1, 0.15) is 5.56 Å². The number of hydrogen-bond donors (Lipinski definition) is 1. The third-order valence-electron chi connectivity index (χ3n) is 2.43. The molecule has 2 aromatic rings. The van der Waals surface area contributed by atoms with E-state index in [1.165, 1.54) is 16.9 Å². The molecule has 1 aromatic carbocycles. The van der Waals surface area contributed by atoms with E-state index in [9.17, 15) is 9.59 Å². The Balaban J connectivity index is 2.23. The lowest BCUT2D eigenvalue weighted by atomic mass is 10.2. The molecule has 17 heavy (non-hydrogen) atoms. The van der Waals surface area contributed by atoms with Crippen LogP contribution in [0.4, 0.5) is 0 Å². The Kier molecular flexibility index (Phi) is 3.09. The number of rotatable bonds is 3. The second kappa shape index (κ2) is 4.69. The van der Waals surface area contributed by atoms with Gasteiger partial charge >= 0.3 is 5.69 Å². The fourth-order valence-corrected chi connectivity index (χ4v) is 1.60. The smallest absolute Gasteiger partial charge is 0.308 e. The Bertz CT molecular complexity index is 601. The number of hydrogen-bond acceptors (Lipinski definition) is 3. The second-order valence-electron chi connectivity index (χ2n) is 3.76. The van der Waals surface area contributed by atoms with Gasteiger partial charge in [-0.2, -0.15) is 0 Å². The maximum Gasteiger partial charge on any atom is 0.347 e. The molecule has 1 heterocycles. The van der Waals surface area contributed by atoms with E-state index in [1.807, 2.05) is 30.3 Å². The summed E-state index contributed by atoms with van der Waals surface area (Å²) in [4.78, 5) is 24.7. The second-order valence-corrected chi connectivity index (χ2v) is 3.76.